The molecule has 0 unspecified atom stereocenters. The summed E-state index contributed by atoms with van der Waals surface area (Å²) in [4.78, 5) is 17.6. The van der Waals surface area contributed by atoms with E-state index in [9.17, 15) is 13.2 Å². The lowest BCUT2D eigenvalue weighted by Crippen LogP contribution is -2.29. The number of nitriles is 1. The monoisotopic (exact) mass is 385 g/mol. The number of nitrogens with one attached hydrogen (secondary N) is 2. The van der Waals surface area contributed by atoms with Crippen LogP contribution >= 0.6 is 0 Å². The third-order valence-corrected chi connectivity index (χ3v) is 5.62. The molecule has 0 bridgehead atoms. The van der Waals surface area contributed by atoms with Crippen LogP contribution in [0.1, 0.15) is 18.4 Å². The van der Waals surface area contributed by atoms with Crippen molar-refractivity contribution in [2.75, 3.05) is 29.9 Å². The summed E-state index contributed by atoms with van der Waals surface area (Å²) in [5, 5.41) is 11.7. The molecule has 0 radical (unpaired) electrons. The molecule has 2 heterocycles. The SMILES string of the molecule is N#Cc1ccc(NCCNS(=O)(=O)c2ccc(N3CCCC3=O)cc2)nc1. The van der Waals surface area contributed by atoms with E-state index in [1.165, 1.54) is 18.3 Å². The number of nitrogens with zero attached hydrogens (tertiary/aromatic N) is 3. The average molecular weight is 385 g/mol. The number of anilines is 2. The first-order valence-corrected chi connectivity index (χ1v) is 9.98. The second-order valence-corrected chi connectivity index (χ2v) is 7.78. The molecule has 1 aromatic carbocycles. The Balaban J connectivity index is 1.53. The Bertz CT molecular complexity index is 950. The number of pyridine rings is 1. The number of aromatic nitrogens is 1. The highest BCUT2D eigenvalue weighted by Crippen LogP contribution is 2.22. The molecule has 3 rings (SSSR count). The van der Waals surface area contributed by atoms with E-state index in [0.717, 1.165) is 6.42 Å². The van der Waals surface area contributed by atoms with Crippen molar-refractivity contribution in [2.24, 2.45) is 0 Å². The van der Waals surface area contributed by atoms with Crippen molar-refractivity contribution in [3.05, 3.63) is 48.2 Å². The number of benzene rings is 1. The Labute approximate surface area is 157 Å². The van der Waals surface area contributed by atoms with E-state index in [0.29, 0.717) is 36.6 Å². The van der Waals surface area contributed by atoms with Gasteiger partial charge >= 0.3 is 0 Å². The fraction of sp³-hybridized carbons (Fsp3) is 0.278. The minimum atomic E-state index is -3.64. The summed E-state index contributed by atoms with van der Waals surface area (Å²) in [5.74, 6) is 0.624. The van der Waals surface area contributed by atoms with Crippen molar-refractivity contribution < 1.29 is 13.2 Å². The molecule has 2 N–H and O–H groups in total. The van der Waals surface area contributed by atoms with Gasteiger partial charge in [0.25, 0.3) is 0 Å². The number of hydrogen-bond acceptors (Lipinski definition) is 6. The molecule has 8 nitrogen and oxygen atoms in total. The van der Waals surface area contributed by atoms with Crippen molar-refractivity contribution in [1.29, 1.82) is 5.26 Å². The van der Waals surface area contributed by atoms with Gasteiger partial charge in [-0.05, 0) is 42.8 Å². The van der Waals surface area contributed by atoms with Crippen molar-refractivity contribution in [3.63, 3.8) is 0 Å². The topological polar surface area (TPSA) is 115 Å². The van der Waals surface area contributed by atoms with Crippen LogP contribution in [0.3, 0.4) is 0 Å². The van der Waals surface area contributed by atoms with Gasteiger partial charge in [0.1, 0.15) is 11.9 Å². The van der Waals surface area contributed by atoms with Gasteiger partial charge in [-0.1, -0.05) is 0 Å². The van der Waals surface area contributed by atoms with E-state index in [2.05, 4.69) is 15.0 Å². The standard InChI is InChI=1S/C18H19N5O3S/c19-12-14-3-8-17(21-13-14)20-9-10-22-27(25,26)16-6-4-15(5-7-16)23-11-1-2-18(23)24/h3-8,13,22H,1-2,9-11H2,(H,20,21). The predicted molar refractivity (Wildman–Crippen MR) is 101 cm³/mol. The molecule has 0 saturated carbocycles. The Hall–Kier alpha value is -2.96. The largest absolute Gasteiger partial charge is 0.369 e. The van der Waals surface area contributed by atoms with E-state index in [-0.39, 0.29) is 17.3 Å². The highest BCUT2D eigenvalue weighted by molar-refractivity contribution is 7.89. The van der Waals surface area contributed by atoms with Crippen molar-refractivity contribution in [1.82, 2.24) is 9.71 Å². The summed E-state index contributed by atoms with van der Waals surface area (Å²) in [6, 6.07) is 11.6. The molecule has 0 aliphatic carbocycles. The first-order valence-electron chi connectivity index (χ1n) is 8.50. The van der Waals surface area contributed by atoms with Gasteiger partial charge in [0, 0.05) is 37.9 Å². The van der Waals surface area contributed by atoms with Gasteiger partial charge in [-0.3, -0.25) is 4.79 Å². The maximum atomic E-state index is 12.4. The zero-order chi connectivity index (χ0) is 19.3. The summed E-state index contributed by atoms with van der Waals surface area (Å²) in [7, 11) is -3.64. The van der Waals surface area contributed by atoms with E-state index in [4.69, 9.17) is 5.26 Å². The zero-order valence-corrected chi connectivity index (χ0v) is 15.4. The molecule has 0 spiro atoms. The van der Waals surface area contributed by atoms with Gasteiger partial charge < -0.3 is 10.2 Å². The molecule has 1 aliphatic rings. The van der Waals surface area contributed by atoms with E-state index < -0.39 is 10.0 Å². The van der Waals surface area contributed by atoms with Gasteiger partial charge in [0.15, 0.2) is 0 Å². The Morgan fingerprint density at radius 2 is 1.93 bits per heavy atom. The lowest BCUT2D eigenvalue weighted by Gasteiger charge is -2.16. The number of rotatable bonds is 7. The molecule has 140 valence electrons. The van der Waals surface area contributed by atoms with Crippen molar-refractivity contribution in [3.8, 4) is 6.07 Å². The molecule has 1 amide bonds. The van der Waals surface area contributed by atoms with Gasteiger partial charge in [0.2, 0.25) is 15.9 Å². The van der Waals surface area contributed by atoms with Crippen LogP contribution in [0.25, 0.3) is 0 Å². The van der Waals surface area contributed by atoms with Crippen LogP contribution in [0.2, 0.25) is 0 Å². The van der Waals surface area contributed by atoms with Gasteiger partial charge in [-0.25, -0.2) is 18.1 Å². The third kappa shape index (κ3) is 4.61. The molecule has 1 aromatic heterocycles. The van der Waals surface area contributed by atoms with Crippen LogP contribution in [0, 0.1) is 11.3 Å². The van der Waals surface area contributed by atoms with Crippen molar-refractivity contribution >= 4 is 27.4 Å². The first kappa shape index (κ1) is 18.8. The highest BCUT2D eigenvalue weighted by Gasteiger charge is 2.22. The lowest BCUT2D eigenvalue weighted by atomic mass is 10.3. The first-order chi connectivity index (χ1) is 13.0. The van der Waals surface area contributed by atoms with Gasteiger partial charge in [-0.15, -0.1) is 0 Å². The molecule has 9 heteroatoms. The van der Waals surface area contributed by atoms with E-state index >= 15 is 0 Å². The third-order valence-electron chi connectivity index (χ3n) is 4.15. The zero-order valence-electron chi connectivity index (χ0n) is 14.6. The maximum absolute atomic E-state index is 12.4. The maximum Gasteiger partial charge on any atom is 0.240 e. The second kappa shape index (κ2) is 8.16. The summed E-state index contributed by atoms with van der Waals surface area (Å²) in [6.07, 6.45) is 2.80. The van der Waals surface area contributed by atoms with Crippen LogP contribution in [-0.4, -0.2) is 38.9 Å². The fourth-order valence-corrected chi connectivity index (χ4v) is 3.78. The number of carbonyl (C=O) groups is 1. The van der Waals surface area contributed by atoms with Crippen LogP contribution in [0.4, 0.5) is 11.5 Å². The predicted octanol–water partition coefficient (Wildman–Crippen LogP) is 1.47. The second-order valence-electron chi connectivity index (χ2n) is 6.01. The summed E-state index contributed by atoms with van der Waals surface area (Å²) in [6.45, 7) is 1.19. The number of hydrogen-bond donors (Lipinski definition) is 2. The summed E-state index contributed by atoms with van der Waals surface area (Å²) in [5.41, 5.74) is 1.17. The van der Waals surface area contributed by atoms with Crippen LogP contribution < -0.4 is 14.9 Å². The molecule has 1 aliphatic heterocycles. The molecule has 1 saturated heterocycles. The van der Waals surface area contributed by atoms with Gasteiger partial charge in [-0.2, -0.15) is 5.26 Å². The Morgan fingerprint density at radius 3 is 2.52 bits per heavy atom. The normalized spacial score (nSPS) is 14.2. The highest BCUT2D eigenvalue weighted by atomic mass is 32.2. The minimum absolute atomic E-state index is 0.0613. The summed E-state index contributed by atoms with van der Waals surface area (Å²) >= 11 is 0. The number of amides is 1. The number of carbonyl (C=O) groups excluding carboxylic acids is 1. The molecule has 0 atom stereocenters. The number of sulfonamides is 1. The van der Waals surface area contributed by atoms with E-state index in [1.54, 1.807) is 29.2 Å². The molecule has 27 heavy (non-hydrogen) atoms. The van der Waals surface area contributed by atoms with E-state index in [1.807, 2.05) is 6.07 Å². The summed E-state index contributed by atoms with van der Waals surface area (Å²) < 4.78 is 27.2. The lowest BCUT2D eigenvalue weighted by molar-refractivity contribution is -0.117. The van der Waals surface area contributed by atoms with Crippen LogP contribution in [-0.2, 0) is 14.8 Å². The Morgan fingerprint density at radius 1 is 1.15 bits per heavy atom. The molecular formula is C18H19N5O3S. The Kier molecular flexibility index (Phi) is 5.69. The van der Waals surface area contributed by atoms with Crippen LogP contribution in [0.15, 0.2) is 47.5 Å². The minimum Gasteiger partial charge on any atom is -0.369 e. The quantitative estimate of drug-likeness (QED) is 0.698. The smallest absolute Gasteiger partial charge is 0.240 e. The van der Waals surface area contributed by atoms with Crippen molar-refractivity contribution in [2.45, 2.75) is 17.7 Å². The molecular weight excluding hydrogens is 366 g/mol. The van der Waals surface area contributed by atoms with Crippen LogP contribution in [0.5, 0.6) is 0 Å². The van der Waals surface area contributed by atoms with Gasteiger partial charge in [0.05, 0.1) is 10.5 Å². The fourth-order valence-electron chi connectivity index (χ4n) is 2.75. The molecule has 2 aromatic rings. The molecule has 1 fully saturated rings. The average Bonchev–Trinajstić information content (AvgIpc) is 3.12.